The molecule has 1 N–H and O–H groups in total. The Morgan fingerprint density at radius 1 is 1.46 bits per heavy atom. The molecule has 0 saturated carbocycles. The molecule has 1 aliphatic rings. The summed E-state index contributed by atoms with van der Waals surface area (Å²) >= 11 is 1.47. The second-order valence-electron chi connectivity index (χ2n) is 5.89. The summed E-state index contributed by atoms with van der Waals surface area (Å²) in [5, 5.41) is 3.38. The van der Waals surface area contributed by atoms with E-state index in [1.165, 1.54) is 29.4 Å². The van der Waals surface area contributed by atoms with E-state index in [9.17, 15) is 9.59 Å². The van der Waals surface area contributed by atoms with Crippen LogP contribution in [0, 0.1) is 5.92 Å². The van der Waals surface area contributed by atoms with Crippen molar-refractivity contribution in [3.8, 4) is 0 Å². The number of amides is 1. The number of esters is 1. The van der Waals surface area contributed by atoms with E-state index < -0.39 is 5.97 Å². The summed E-state index contributed by atoms with van der Waals surface area (Å²) in [6, 6.07) is 3.51. The van der Waals surface area contributed by atoms with Gasteiger partial charge in [0.1, 0.15) is 10.8 Å². The van der Waals surface area contributed by atoms with E-state index in [-0.39, 0.29) is 5.91 Å². The SMILES string of the molecule is COC(=O)c1c(NC(=O)C=Cc2ccco2)sc2c1CCC(C)C2. The Balaban J connectivity index is 1.84. The molecular formula is C18H19NO4S. The molecule has 5 nitrogen and oxygen atoms in total. The van der Waals surface area contributed by atoms with Gasteiger partial charge in [0.25, 0.3) is 0 Å². The van der Waals surface area contributed by atoms with Crippen molar-refractivity contribution in [1.29, 1.82) is 0 Å². The molecule has 3 rings (SSSR count). The highest BCUT2D eigenvalue weighted by atomic mass is 32.1. The number of carbonyl (C=O) groups is 2. The molecule has 24 heavy (non-hydrogen) atoms. The number of fused-ring (bicyclic) bond motifs is 1. The molecule has 0 bridgehead atoms. The van der Waals surface area contributed by atoms with Gasteiger partial charge in [-0.05, 0) is 49.0 Å². The van der Waals surface area contributed by atoms with Gasteiger partial charge in [0, 0.05) is 11.0 Å². The summed E-state index contributed by atoms with van der Waals surface area (Å²) in [4.78, 5) is 25.5. The summed E-state index contributed by atoms with van der Waals surface area (Å²) < 4.78 is 10.1. The van der Waals surface area contributed by atoms with Crippen molar-refractivity contribution in [3.05, 3.63) is 46.2 Å². The van der Waals surface area contributed by atoms with Crippen molar-refractivity contribution in [2.45, 2.75) is 26.2 Å². The van der Waals surface area contributed by atoms with Gasteiger partial charge in [-0.2, -0.15) is 0 Å². The molecule has 0 radical (unpaired) electrons. The first kappa shape index (κ1) is 16.5. The van der Waals surface area contributed by atoms with Crippen LogP contribution < -0.4 is 5.32 Å². The highest BCUT2D eigenvalue weighted by Gasteiger charge is 2.28. The highest BCUT2D eigenvalue weighted by Crippen LogP contribution is 2.40. The number of carbonyl (C=O) groups excluding carboxylic acids is 2. The van der Waals surface area contributed by atoms with Crippen molar-refractivity contribution in [2.75, 3.05) is 12.4 Å². The fraction of sp³-hybridized carbons (Fsp3) is 0.333. The molecular weight excluding hydrogens is 326 g/mol. The lowest BCUT2D eigenvalue weighted by Crippen LogP contribution is -2.14. The number of thiophene rings is 1. The Labute approximate surface area is 144 Å². The molecule has 2 aromatic heterocycles. The molecule has 1 unspecified atom stereocenters. The van der Waals surface area contributed by atoms with Gasteiger partial charge in [-0.15, -0.1) is 11.3 Å². The quantitative estimate of drug-likeness (QED) is 0.674. The molecule has 6 heteroatoms. The van der Waals surface area contributed by atoms with E-state index in [0.717, 1.165) is 24.8 Å². The highest BCUT2D eigenvalue weighted by molar-refractivity contribution is 7.17. The molecule has 0 saturated heterocycles. The zero-order valence-corrected chi connectivity index (χ0v) is 14.4. The Morgan fingerprint density at radius 3 is 3.00 bits per heavy atom. The normalized spacial score (nSPS) is 16.8. The van der Waals surface area contributed by atoms with E-state index in [1.54, 1.807) is 24.5 Å². The van der Waals surface area contributed by atoms with E-state index in [4.69, 9.17) is 9.15 Å². The molecule has 1 amide bonds. The molecule has 0 fully saturated rings. The molecule has 0 spiro atoms. The van der Waals surface area contributed by atoms with Gasteiger partial charge < -0.3 is 14.5 Å². The van der Waals surface area contributed by atoms with Crippen LogP contribution in [-0.4, -0.2) is 19.0 Å². The second-order valence-corrected chi connectivity index (χ2v) is 6.99. The Morgan fingerprint density at radius 2 is 2.29 bits per heavy atom. The van der Waals surface area contributed by atoms with Crippen LogP contribution in [0.2, 0.25) is 0 Å². The van der Waals surface area contributed by atoms with Gasteiger partial charge in [0.2, 0.25) is 5.91 Å². The van der Waals surface area contributed by atoms with Crippen LogP contribution in [0.1, 0.15) is 39.9 Å². The Kier molecular flexibility index (Phi) is 4.85. The lowest BCUT2D eigenvalue weighted by atomic mass is 9.88. The maximum Gasteiger partial charge on any atom is 0.341 e. The number of hydrogen-bond donors (Lipinski definition) is 1. The predicted octanol–water partition coefficient (Wildman–Crippen LogP) is 3.90. The van der Waals surface area contributed by atoms with Crippen LogP contribution in [-0.2, 0) is 22.4 Å². The van der Waals surface area contributed by atoms with Gasteiger partial charge in [0.05, 0.1) is 18.9 Å². The average Bonchev–Trinajstić information content (AvgIpc) is 3.19. The van der Waals surface area contributed by atoms with Crippen LogP contribution >= 0.6 is 11.3 Å². The molecule has 1 aliphatic carbocycles. The third-order valence-electron chi connectivity index (χ3n) is 4.08. The largest absolute Gasteiger partial charge is 0.465 e. The number of rotatable bonds is 4. The number of nitrogens with one attached hydrogen (secondary N) is 1. The minimum absolute atomic E-state index is 0.303. The summed E-state index contributed by atoms with van der Waals surface area (Å²) in [7, 11) is 1.36. The van der Waals surface area contributed by atoms with Crippen molar-refractivity contribution in [3.63, 3.8) is 0 Å². The monoisotopic (exact) mass is 345 g/mol. The summed E-state index contributed by atoms with van der Waals surface area (Å²) in [5.41, 5.74) is 1.53. The number of ether oxygens (including phenoxy) is 1. The average molecular weight is 345 g/mol. The lowest BCUT2D eigenvalue weighted by Gasteiger charge is -2.18. The summed E-state index contributed by atoms with van der Waals surface area (Å²) in [6.07, 6.45) is 7.34. The van der Waals surface area contributed by atoms with E-state index >= 15 is 0 Å². The molecule has 1 atom stereocenters. The third kappa shape index (κ3) is 3.43. The number of furan rings is 1. The van der Waals surface area contributed by atoms with E-state index in [2.05, 4.69) is 12.2 Å². The van der Waals surface area contributed by atoms with Crippen molar-refractivity contribution < 1.29 is 18.7 Å². The molecule has 2 heterocycles. The van der Waals surface area contributed by atoms with Crippen LogP contribution in [0.4, 0.5) is 5.00 Å². The van der Waals surface area contributed by atoms with Gasteiger partial charge >= 0.3 is 5.97 Å². The molecule has 0 aliphatic heterocycles. The van der Waals surface area contributed by atoms with Crippen LogP contribution in [0.5, 0.6) is 0 Å². The zero-order chi connectivity index (χ0) is 17.1. The Bertz CT molecular complexity index is 773. The minimum Gasteiger partial charge on any atom is -0.465 e. The summed E-state index contributed by atoms with van der Waals surface area (Å²) in [5.74, 6) is 0.484. The topological polar surface area (TPSA) is 68.5 Å². The first-order chi connectivity index (χ1) is 11.6. The van der Waals surface area contributed by atoms with Crippen molar-refractivity contribution >= 4 is 34.3 Å². The van der Waals surface area contributed by atoms with Crippen molar-refractivity contribution in [1.82, 2.24) is 0 Å². The number of hydrogen-bond acceptors (Lipinski definition) is 5. The smallest absolute Gasteiger partial charge is 0.341 e. The molecule has 0 aromatic carbocycles. The van der Waals surface area contributed by atoms with Gasteiger partial charge in [-0.3, -0.25) is 4.79 Å². The lowest BCUT2D eigenvalue weighted by molar-refractivity contribution is -0.111. The number of anilines is 1. The number of methoxy groups -OCH3 is 1. The maximum absolute atomic E-state index is 12.2. The van der Waals surface area contributed by atoms with Crippen LogP contribution in [0.3, 0.4) is 0 Å². The standard InChI is InChI=1S/C18H19NO4S/c1-11-5-7-13-14(10-11)24-17(16(13)18(21)22-2)19-15(20)8-6-12-4-3-9-23-12/h3-4,6,8-9,11H,5,7,10H2,1-2H3,(H,19,20). The van der Waals surface area contributed by atoms with Gasteiger partial charge in [0.15, 0.2) is 0 Å². The van der Waals surface area contributed by atoms with Crippen LogP contribution in [0.15, 0.2) is 28.9 Å². The predicted molar refractivity (Wildman–Crippen MR) is 93.2 cm³/mol. The minimum atomic E-state index is -0.396. The molecule has 126 valence electrons. The third-order valence-corrected chi connectivity index (χ3v) is 5.25. The van der Waals surface area contributed by atoms with Crippen LogP contribution in [0.25, 0.3) is 6.08 Å². The first-order valence-corrected chi connectivity index (χ1v) is 8.65. The summed E-state index contributed by atoms with van der Waals surface area (Å²) in [6.45, 7) is 2.20. The molecule has 2 aromatic rings. The van der Waals surface area contributed by atoms with Gasteiger partial charge in [-0.25, -0.2) is 4.79 Å². The first-order valence-electron chi connectivity index (χ1n) is 7.84. The van der Waals surface area contributed by atoms with Crippen molar-refractivity contribution in [2.24, 2.45) is 5.92 Å². The van der Waals surface area contributed by atoms with E-state index in [1.807, 2.05) is 0 Å². The second kappa shape index (κ2) is 7.05. The Hall–Kier alpha value is -2.34. The van der Waals surface area contributed by atoms with Gasteiger partial charge in [-0.1, -0.05) is 6.92 Å². The zero-order valence-electron chi connectivity index (χ0n) is 13.6. The maximum atomic E-state index is 12.2. The fourth-order valence-electron chi connectivity index (χ4n) is 2.85. The van der Waals surface area contributed by atoms with E-state index in [0.29, 0.717) is 22.2 Å². The fourth-order valence-corrected chi connectivity index (χ4v) is 4.26.